The molecule has 0 atom stereocenters. The molecular weight excluding hydrogens is 333 g/mol. The van der Waals surface area contributed by atoms with Crippen LogP contribution in [-0.4, -0.2) is 25.4 Å². The monoisotopic (exact) mass is 341 g/mol. The Morgan fingerprint density at radius 2 is 2.14 bits per heavy atom. The minimum Gasteiger partial charge on any atom is -0.502 e. The number of ketones is 1. The van der Waals surface area contributed by atoms with Gasteiger partial charge in [0.2, 0.25) is 5.28 Å². The average molecular weight is 342 g/mol. The van der Waals surface area contributed by atoms with Crippen molar-refractivity contribution in [2.24, 2.45) is 7.05 Å². The molecule has 0 unspecified atom stereocenters. The number of allylic oxidation sites excluding steroid dienone is 1. The smallest absolute Gasteiger partial charge is 0.311 e. The van der Waals surface area contributed by atoms with Gasteiger partial charge < -0.3 is 9.67 Å². The number of carbonyl (C=O) groups excluding carboxylic acids is 1. The summed E-state index contributed by atoms with van der Waals surface area (Å²) in [5, 5.41) is 20.4. The van der Waals surface area contributed by atoms with Crippen LogP contribution >= 0.6 is 23.2 Å². The molecule has 0 saturated heterocycles. The van der Waals surface area contributed by atoms with E-state index in [1.165, 1.54) is 22.8 Å². The van der Waals surface area contributed by atoms with Crippen molar-refractivity contribution in [2.45, 2.75) is 0 Å². The SMILES string of the molecule is Cn1c(Cl)nc(Cl)c1/C=C/C(=O)c1ccc(O)c([N+](=O)[O-])c1. The summed E-state index contributed by atoms with van der Waals surface area (Å²) >= 11 is 11.7. The van der Waals surface area contributed by atoms with Gasteiger partial charge in [-0.2, -0.15) is 0 Å². The third-order valence-corrected chi connectivity index (χ3v) is 3.51. The maximum atomic E-state index is 12.0. The zero-order chi connectivity index (χ0) is 16.4. The largest absolute Gasteiger partial charge is 0.502 e. The Kier molecular flexibility index (Phi) is 4.48. The Hall–Kier alpha value is -2.38. The number of nitrogens with zero attached hydrogens (tertiary/aromatic N) is 3. The number of hydrogen-bond acceptors (Lipinski definition) is 5. The zero-order valence-corrected chi connectivity index (χ0v) is 12.7. The van der Waals surface area contributed by atoms with Gasteiger partial charge in [0.05, 0.1) is 10.6 Å². The molecule has 0 saturated carbocycles. The molecule has 1 aromatic carbocycles. The molecule has 0 bridgehead atoms. The highest BCUT2D eigenvalue weighted by molar-refractivity contribution is 6.33. The number of nitro benzene ring substituents is 1. The van der Waals surface area contributed by atoms with E-state index in [1.807, 2.05) is 0 Å². The first-order chi connectivity index (χ1) is 10.3. The van der Waals surface area contributed by atoms with Crippen molar-refractivity contribution in [2.75, 3.05) is 0 Å². The minimum atomic E-state index is -0.770. The first-order valence-electron chi connectivity index (χ1n) is 5.88. The predicted molar refractivity (Wildman–Crippen MR) is 81.4 cm³/mol. The number of rotatable bonds is 4. The summed E-state index contributed by atoms with van der Waals surface area (Å²) < 4.78 is 1.48. The van der Waals surface area contributed by atoms with Gasteiger partial charge >= 0.3 is 5.69 Å². The maximum Gasteiger partial charge on any atom is 0.311 e. The van der Waals surface area contributed by atoms with Crippen LogP contribution in [0.1, 0.15) is 16.1 Å². The summed E-state index contributed by atoms with van der Waals surface area (Å²) in [7, 11) is 1.62. The van der Waals surface area contributed by atoms with Gasteiger partial charge in [0.1, 0.15) is 0 Å². The summed E-state index contributed by atoms with van der Waals surface area (Å²) in [5.41, 5.74) is -0.0562. The Balaban J connectivity index is 2.31. The number of aromatic nitrogens is 2. The molecule has 0 fully saturated rings. The fourth-order valence-electron chi connectivity index (χ4n) is 1.71. The van der Waals surface area contributed by atoms with Crippen LogP contribution in [0.25, 0.3) is 6.08 Å². The van der Waals surface area contributed by atoms with E-state index in [0.717, 1.165) is 12.1 Å². The number of imidazole rings is 1. The summed E-state index contributed by atoms with van der Waals surface area (Å²) in [5.74, 6) is -0.997. The number of halogens is 2. The third kappa shape index (κ3) is 3.10. The van der Waals surface area contributed by atoms with Crippen LogP contribution in [0.5, 0.6) is 5.75 Å². The van der Waals surface area contributed by atoms with Gasteiger partial charge in [-0.15, -0.1) is 0 Å². The normalized spacial score (nSPS) is 11.0. The van der Waals surface area contributed by atoms with Crippen molar-refractivity contribution < 1.29 is 14.8 Å². The molecule has 0 amide bonds. The highest BCUT2D eigenvalue weighted by Crippen LogP contribution is 2.27. The topological polar surface area (TPSA) is 98.3 Å². The second-order valence-electron chi connectivity index (χ2n) is 4.27. The average Bonchev–Trinajstić information content (AvgIpc) is 2.70. The lowest BCUT2D eigenvalue weighted by Crippen LogP contribution is -1.98. The molecule has 0 aliphatic carbocycles. The van der Waals surface area contributed by atoms with Crippen molar-refractivity contribution >= 4 is 40.7 Å². The summed E-state index contributed by atoms with van der Waals surface area (Å²) in [6.07, 6.45) is 2.59. The van der Waals surface area contributed by atoms with Crippen LogP contribution in [-0.2, 0) is 7.05 Å². The second-order valence-corrected chi connectivity index (χ2v) is 4.97. The standard InChI is InChI=1S/C13H9Cl2N3O4/c1-17-8(12(14)16-13(17)15)3-5-10(19)7-2-4-11(20)9(6-7)18(21)22/h2-6,20H,1H3/b5-3+. The lowest BCUT2D eigenvalue weighted by atomic mass is 10.1. The molecule has 7 nitrogen and oxygen atoms in total. The molecule has 0 aliphatic rings. The molecule has 0 aliphatic heterocycles. The van der Waals surface area contributed by atoms with Crippen molar-refractivity contribution in [1.29, 1.82) is 0 Å². The Labute approximate surface area is 134 Å². The molecule has 0 radical (unpaired) electrons. The summed E-state index contributed by atoms with van der Waals surface area (Å²) in [6.45, 7) is 0. The Morgan fingerprint density at radius 1 is 1.45 bits per heavy atom. The van der Waals surface area contributed by atoms with Gasteiger partial charge in [0, 0.05) is 18.7 Å². The fraction of sp³-hybridized carbons (Fsp3) is 0.0769. The highest BCUT2D eigenvalue weighted by atomic mass is 35.5. The summed E-state index contributed by atoms with van der Waals surface area (Å²) in [6, 6.07) is 3.37. The Bertz CT molecular complexity index is 799. The van der Waals surface area contributed by atoms with Crippen molar-refractivity contribution in [1.82, 2.24) is 9.55 Å². The lowest BCUT2D eigenvalue weighted by molar-refractivity contribution is -0.385. The molecule has 114 valence electrons. The maximum absolute atomic E-state index is 12.0. The van der Waals surface area contributed by atoms with E-state index in [4.69, 9.17) is 23.2 Å². The molecule has 2 rings (SSSR count). The number of carbonyl (C=O) groups is 1. The highest BCUT2D eigenvalue weighted by Gasteiger charge is 2.16. The van der Waals surface area contributed by atoms with Gasteiger partial charge in [0.25, 0.3) is 0 Å². The van der Waals surface area contributed by atoms with Crippen LogP contribution in [0.15, 0.2) is 24.3 Å². The van der Waals surface area contributed by atoms with Gasteiger partial charge in [-0.3, -0.25) is 14.9 Å². The second kappa shape index (κ2) is 6.17. The van der Waals surface area contributed by atoms with Crippen molar-refractivity contribution in [3.8, 4) is 5.75 Å². The quantitative estimate of drug-likeness (QED) is 0.398. The van der Waals surface area contributed by atoms with Gasteiger partial charge in [-0.05, 0) is 35.9 Å². The number of nitro groups is 1. The van der Waals surface area contributed by atoms with Gasteiger partial charge in [-0.25, -0.2) is 4.98 Å². The lowest BCUT2D eigenvalue weighted by Gasteiger charge is -2.00. The van der Waals surface area contributed by atoms with Gasteiger partial charge in [0.15, 0.2) is 16.7 Å². The number of benzene rings is 1. The number of phenols is 1. The van der Waals surface area contributed by atoms with E-state index in [1.54, 1.807) is 7.05 Å². The van der Waals surface area contributed by atoms with E-state index in [9.17, 15) is 20.0 Å². The first-order valence-corrected chi connectivity index (χ1v) is 6.64. The first kappa shape index (κ1) is 16.0. The molecule has 22 heavy (non-hydrogen) atoms. The number of phenolic OH excluding ortho intramolecular Hbond substituents is 1. The predicted octanol–water partition coefficient (Wildman–Crippen LogP) is 3.24. The van der Waals surface area contributed by atoms with Crippen molar-refractivity contribution in [3.63, 3.8) is 0 Å². The van der Waals surface area contributed by atoms with E-state index >= 15 is 0 Å². The van der Waals surface area contributed by atoms with E-state index < -0.39 is 22.1 Å². The van der Waals surface area contributed by atoms with Crippen LogP contribution in [0.3, 0.4) is 0 Å². The molecule has 1 N–H and O–H groups in total. The van der Waals surface area contributed by atoms with Crippen LogP contribution in [0.2, 0.25) is 10.4 Å². The van der Waals surface area contributed by atoms with Gasteiger partial charge in [-0.1, -0.05) is 11.6 Å². The van der Waals surface area contributed by atoms with E-state index in [0.29, 0.717) is 5.69 Å². The number of aromatic hydroxyl groups is 1. The zero-order valence-electron chi connectivity index (χ0n) is 11.2. The minimum absolute atomic E-state index is 0.0603. The molecule has 9 heteroatoms. The Morgan fingerprint density at radius 3 is 2.68 bits per heavy atom. The molecule has 2 aromatic rings. The molecule has 1 heterocycles. The van der Waals surface area contributed by atoms with E-state index in [-0.39, 0.29) is 16.0 Å². The van der Waals surface area contributed by atoms with E-state index in [2.05, 4.69) is 4.98 Å². The summed E-state index contributed by atoms with van der Waals surface area (Å²) in [4.78, 5) is 25.8. The third-order valence-electron chi connectivity index (χ3n) is 2.89. The molecule has 0 spiro atoms. The van der Waals surface area contributed by atoms with Crippen molar-refractivity contribution in [3.05, 3.63) is 56.1 Å². The number of hydrogen-bond donors (Lipinski definition) is 1. The molecular formula is C13H9Cl2N3O4. The van der Waals surface area contributed by atoms with Crippen LogP contribution in [0.4, 0.5) is 5.69 Å². The van der Waals surface area contributed by atoms with Crippen LogP contribution in [0, 0.1) is 10.1 Å². The van der Waals surface area contributed by atoms with Crippen LogP contribution < -0.4 is 0 Å². The molecule has 1 aromatic heterocycles. The fourth-order valence-corrected chi connectivity index (χ4v) is 2.19.